The number of pyridine rings is 2. The summed E-state index contributed by atoms with van der Waals surface area (Å²) in [5, 5.41) is 28.2. The summed E-state index contributed by atoms with van der Waals surface area (Å²) >= 11 is 0. The van der Waals surface area contributed by atoms with Crippen molar-refractivity contribution in [2.45, 2.75) is 0 Å². The number of nitriles is 2. The van der Waals surface area contributed by atoms with E-state index in [9.17, 15) is 10.5 Å². The van der Waals surface area contributed by atoms with Crippen LogP contribution in [0.2, 0.25) is 0 Å². The lowest BCUT2D eigenvalue weighted by atomic mass is 9.84. The van der Waals surface area contributed by atoms with Gasteiger partial charge in [-0.1, -0.05) is 91.0 Å². The van der Waals surface area contributed by atoms with Gasteiger partial charge in [-0.2, -0.15) is 10.5 Å². The Kier molecular flexibility index (Phi) is 7.22. The monoisotopic (exact) mass is 723 g/mol. The molecule has 3 heterocycles. The van der Waals surface area contributed by atoms with E-state index >= 15 is 0 Å². The molecule has 0 aliphatic rings. The van der Waals surface area contributed by atoms with Crippen molar-refractivity contribution in [3.05, 3.63) is 187 Å². The minimum absolute atomic E-state index is 0.605. The molecule has 0 atom stereocenters. The first kappa shape index (κ1) is 32.3. The van der Waals surface area contributed by atoms with E-state index in [0.29, 0.717) is 11.1 Å². The Morgan fingerprint density at radius 1 is 0.404 bits per heavy atom. The van der Waals surface area contributed by atoms with E-state index in [1.165, 1.54) is 0 Å². The fraction of sp³-hybridized carbons (Fsp3) is 0. The number of rotatable bonds is 4. The van der Waals surface area contributed by atoms with E-state index in [1.54, 1.807) is 0 Å². The number of hydrogen-bond acceptors (Lipinski definition) is 4. The summed E-state index contributed by atoms with van der Waals surface area (Å²) in [4.78, 5) is 9.65. The Morgan fingerprint density at radius 3 is 1.86 bits per heavy atom. The maximum absolute atomic E-state index is 9.97. The van der Waals surface area contributed by atoms with Gasteiger partial charge in [-0.05, 0) is 128 Å². The van der Waals surface area contributed by atoms with Gasteiger partial charge in [0.15, 0.2) is 0 Å². The van der Waals surface area contributed by atoms with E-state index in [0.717, 1.165) is 104 Å². The van der Waals surface area contributed by atoms with Gasteiger partial charge >= 0.3 is 0 Å². The Balaban J connectivity index is 1.24. The first-order valence-electron chi connectivity index (χ1n) is 18.8. The third kappa shape index (κ3) is 5.01. The van der Waals surface area contributed by atoms with Crippen LogP contribution in [-0.4, -0.2) is 14.5 Å². The fourth-order valence-electron chi connectivity index (χ4n) is 8.77. The molecule has 0 saturated heterocycles. The van der Waals surface area contributed by atoms with Crippen molar-refractivity contribution >= 4 is 65.2 Å². The third-order valence-electron chi connectivity index (χ3n) is 11.3. The van der Waals surface area contributed by atoms with Crippen molar-refractivity contribution in [2.24, 2.45) is 0 Å². The van der Waals surface area contributed by atoms with Crippen molar-refractivity contribution in [1.29, 1.82) is 10.5 Å². The van der Waals surface area contributed by atoms with Gasteiger partial charge in [0.05, 0.1) is 45.3 Å². The van der Waals surface area contributed by atoms with Crippen LogP contribution in [0.4, 0.5) is 0 Å². The van der Waals surface area contributed by atoms with Crippen molar-refractivity contribution in [1.82, 2.24) is 14.5 Å². The molecule has 5 nitrogen and oxygen atoms in total. The summed E-state index contributed by atoms with van der Waals surface area (Å²) in [7, 11) is 0. The quantitative estimate of drug-likeness (QED) is 0.134. The van der Waals surface area contributed by atoms with Crippen molar-refractivity contribution in [2.75, 3.05) is 0 Å². The summed E-state index contributed by atoms with van der Waals surface area (Å²) < 4.78 is 2.22. The average molecular weight is 724 g/mol. The second-order valence-corrected chi connectivity index (χ2v) is 14.4. The van der Waals surface area contributed by atoms with Crippen molar-refractivity contribution < 1.29 is 0 Å². The molecule has 0 spiro atoms. The lowest BCUT2D eigenvalue weighted by Gasteiger charge is -2.20. The summed E-state index contributed by atoms with van der Waals surface area (Å²) in [6, 6.07) is 61.5. The molecular weight excluding hydrogens is 695 g/mol. The molecule has 5 heteroatoms. The Bertz CT molecular complexity index is 3530. The number of fused-ring (bicyclic) bond motifs is 8. The van der Waals surface area contributed by atoms with Crippen molar-refractivity contribution in [3.8, 4) is 51.2 Å². The smallest absolute Gasteiger partial charge is 0.0991 e. The third-order valence-corrected chi connectivity index (χ3v) is 11.3. The Hall–Kier alpha value is -8.12. The van der Waals surface area contributed by atoms with Crippen LogP contribution in [0.1, 0.15) is 11.1 Å². The maximum Gasteiger partial charge on any atom is 0.0991 e. The summed E-state index contributed by atoms with van der Waals surface area (Å²) in [5.41, 5.74) is 12.7. The lowest BCUT2D eigenvalue weighted by Crippen LogP contribution is -1.95. The van der Waals surface area contributed by atoms with E-state index in [-0.39, 0.29) is 0 Å². The molecule has 8 aromatic carbocycles. The zero-order valence-corrected chi connectivity index (χ0v) is 30.5. The predicted molar refractivity (Wildman–Crippen MR) is 232 cm³/mol. The molecule has 262 valence electrons. The van der Waals surface area contributed by atoms with Gasteiger partial charge < -0.3 is 4.57 Å². The van der Waals surface area contributed by atoms with Gasteiger partial charge in [-0.15, -0.1) is 0 Å². The number of nitrogens with zero attached hydrogens (tertiary/aromatic N) is 5. The van der Waals surface area contributed by atoms with Crippen LogP contribution in [0.15, 0.2) is 176 Å². The highest BCUT2D eigenvalue weighted by Gasteiger charge is 2.21. The van der Waals surface area contributed by atoms with Crippen LogP contribution in [0.3, 0.4) is 0 Å². The molecule has 11 aromatic rings. The normalized spacial score (nSPS) is 11.5. The van der Waals surface area contributed by atoms with Gasteiger partial charge in [0, 0.05) is 39.6 Å². The van der Waals surface area contributed by atoms with Gasteiger partial charge in [0.2, 0.25) is 0 Å². The molecule has 0 N–H and O–H groups in total. The molecule has 0 radical (unpaired) electrons. The standard InChI is InChI=1S/C52H29N5/c53-30-32-12-18-38(19-13-32)57-47-22-14-33(31-54)27-44(47)45-29-37(17-23-48(45)57)49-39-10-4-5-11-40(39)50(46-28-36(16-20-41(46)49)34-7-2-1-3-8-34)42-24-26-56-52-43(42)21-15-35-9-6-25-55-51(35)52/h1-29H. The molecule has 0 aliphatic carbocycles. The molecule has 0 aliphatic heterocycles. The molecule has 57 heavy (non-hydrogen) atoms. The fourth-order valence-corrected chi connectivity index (χ4v) is 8.77. The van der Waals surface area contributed by atoms with E-state index < -0.39 is 0 Å². The Morgan fingerprint density at radius 2 is 1.05 bits per heavy atom. The highest BCUT2D eigenvalue weighted by Crippen LogP contribution is 2.47. The molecule has 0 saturated carbocycles. The van der Waals surface area contributed by atoms with Gasteiger partial charge in [0.1, 0.15) is 0 Å². The molecule has 11 rings (SSSR count). The summed E-state index contributed by atoms with van der Waals surface area (Å²) in [6.07, 6.45) is 3.75. The molecule has 3 aromatic heterocycles. The molecule has 0 amide bonds. The van der Waals surface area contributed by atoms with Gasteiger partial charge in [-0.3, -0.25) is 9.97 Å². The Labute approximate surface area is 327 Å². The van der Waals surface area contributed by atoms with E-state index in [4.69, 9.17) is 9.97 Å². The van der Waals surface area contributed by atoms with Crippen LogP contribution in [0.25, 0.3) is 104 Å². The molecule has 0 unspecified atom stereocenters. The minimum atomic E-state index is 0.605. The topological polar surface area (TPSA) is 78.3 Å². The molecule has 0 fully saturated rings. The van der Waals surface area contributed by atoms with E-state index in [2.05, 4.69) is 132 Å². The van der Waals surface area contributed by atoms with Gasteiger partial charge in [-0.25, -0.2) is 0 Å². The SMILES string of the molecule is N#Cc1ccc(-n2c3ccc(C#N)cc3c3cc(-c4c5ccccc5c(-c5ccnc6c5ccc5cccnc56)c5cc(-c6ccccc6)ccc45)ccc32)cc1. The second-order valence-electron chi connectivity index (χ2n) is 14.4. The van der Waals surface area contributed by atoms with Crippen LogP contribution in [0, 0.1) is 22.7 Å². The largest absolute Gasteiger partial charge is 0.309 e. The van der Waals surface area contributed by atoms with Crippen LogP contribution in [-0.2, 0) is 0 Å². The predicted octanol–water partition coefficient (Wildman–Crippen LogP) is 12.9. The summed E-state index contributed by atoms with van der Waals surface area (Å²) in [6.45, 7) is 0. The zero-order chi connectivity index (χ0) is 38.0. The highest BCUT2D eigenvalue weighted by atomic mass is 15.0. The van der Waals surface area contributed by atoms with Crippen LogP contribution in [0.5, 0.6) is 0 Å². The molecular formula is C52H29N5. The first-order valence-corrected chi connectivity index (χ1v) is 18.8. The van der Waals surface area contributed by atoms with Crippen LogP contribution < -0.4 is 0 Å². The second kappa shape index (κ2) is 12.7. The van der Waals surface area contributed by atoms with Gasteiger partial charge in [0.25, 0.3) is 0 Å². The summed E-state index contributed by atoms with van der Waals surface area (Å²) in [5.74, 6) is 0. The molecule has 0 bridgehead atoms. The zero-order valence-electron chi connectivity index (χ0n) is 30.5. The minimum Gasteiger partial charge on any atom is -0.309 e. The highest BCUT2D eigenvalue weighted by molar-refractivity contribution is 6.25. The lowest BCUT2D eigenvalue weighted by molar-refractivity contribution is 1.18. The first-order chi connectivity index (χ1) is 28.2. The van der Waals surface area contributed by atoms with Crippen LogP contribution >= 0.6 is 0 Å². The maximum atomic E-state index is 9.97. The number of benzene rings is 8. The van der Waals surface area contributed by atoms with Crippen molar-refractivity contribution in [3.63, 3.8) is 0 Å². The number of hydrogen-bond donors (Lipinski definition) is 0. The number of aromatic nitrogens is 3. The average Bonchev–Trinajstić information content (AvgIpc) is 3.60. The van der Waals surface area contributed by atoms with E-state index in [1.807, 2.05) is 60.9 Å².